The number of aromatic nitrogens is 3. The quantitative estimate of drug-likeness (QED) is 0.757. The van der Waals surface area contributed by atoms with Crippen LogP contribution >= 0.6 is 0 Å². The van der Waals surface area contributed by atoms with Crippen LogP contribution in [0.2, 0.25) is 0 Å². The summed E-state index contributed by atoms with van der Waals surface area (Å²) in [5, 5.41) is 16.5. The van der Waals surface area contributed by atoms with E-state index in [0.29, 0.717) is 24.3 Å². The molecule has 0 bridgehead atoms. The van der Waals surface area contributed by atoms with Gasteiger partial charge in [-0.15, -0.1) is 10.2 Å². The summed E-state index contributed by atoms with van der Waals surface area (Å²) in [6.45, 7) is 1.97. The molecule has 0 amide bonds. The highest BCUT2D eigenvalue weighted by Gasteiger charge is 2.20. The largest absolute Gasteiger partial charge is 0.360 e. The van der Waals surface area contributed by atoms with Gasteiger partial charge in [0.25, 0.3) is 0 Å². The normalized spacial score (nSPS) is 14.1. The lowest BCUT2D eigenvalue weighted by molar-refractivity contribution is 0.544. The first kappa shape index (κ1) is 10.7. The van der Waals surface area contributed by atoms with Crippen LogP contribution in [0.25, 0.3) is 0 Å². The van der Waals surface area contributed by atoms with Gasteiger partial charge in [0, 0.05) is 13.1 Å². The maximum atomic E-state index is 13.9. The van der Waals surface area contributed by atoms with Crippen LogP contribution in [-0.4, -0.2) is 21.3 Å². The molecule has 6 heteroatoms. The molecule has 90 valence electrons. The number of fused-ring (bicyclic) bond motifs is 1. The zero-order valence-corrected chi connectivity index (χ0v) is 9.54. The number of nitriles is 1. The molecule has 0 radical (unpaired) electrons. The maximum absolute atomic E-state index is 13.9. The van der Waals surface area contributed by atoms with Crippen molar-refractivity contribution in [3.63, 3.8) is 0 Å². The van der Waals surface area contributed by atoms with Gasteiger partial charge in [-0.3, -0.25) is 0 Å². The molecule has 0 N–H and O–H groups in total. The molecule has 5 nitrogen and oxygen atoms in total. The van der Waals surface area contributed by atoms with E-state index in [4.69, 9.17) is 5.26 Å². The van der Waals surface area contributed by atoms with Crippen molar-refractivity contribution in [2.45, 2.75) is 13.1 Å². The average molecular weight is 243 g/mol. The van der Waals surface area contributed by atoms with Crippen molar-refractivity contribution in [3.8, 4) is 6.07 Å². The van der Waals surface area contributed by atoms with Crippen molar-refractivity contribution < 1.29 is 4.39 Å². The van der Waals surface area contributed by atoms with Gasteiger partial charge in [-0.25, -0.2) is 4.39 Å². The Balaban J connectivity index is 1.91. The van der Waals surface area contributed by atoms with E-state index in [0.717, 1.165) is 12.4 Å². The summed E-state index contributed by atoms with van der Waals surface area (Å²) in [4.78, 5) is 1.90. The Labute approximate surface area is 103 Å². The fourth-order valence-electron chi connectivity index (χ4n) is 2.10. The molecule has 3 rings (SSSR count). The Morgan fingerprint density at radius 3 is 3.00 bits per heavy atom. The molecule has 0 saturated carbocycles. The van der Waals surface area contributed by atoms with Crippen molar-refractivity contribution in [3.05, 3.63) is 41.7 Å². The van der Waals surface area contributed by atoms with Gasteiger partial charge in [0.15, 0.2) is 5.82 Å². The second-order valence-electron chi connectivity index (χ2n) is 4.14. The molecular weight excluding hydrogens is 233 g/mol. The summed E-state index contributed by atoms with van der Waals surface area (Å²) in [5.41, 5.74) is 0.833. The van der Waals surface area contributed by atoms with Gasteiger partial charge in [-0.2, -0.15) is 5.26 Å². The van der Waals surface area contributed by atoms with E-state index in [1.54, 1.807) is 18.5 Å². The Morgan fingerprint density at radius 1 is 1.33 bits per heavy atom. The molecule has 1 aliphatic heterocycles. The van der Waals surface area contributed by atoms with Gasteiger partial charge >= 0.3 is 0 Å². The molecule has 0 aliphatic carbocycles. The second-order valence-corrected chi connectivity index (χ2v) is 4.14. The second kappa shape index (κ2) is 4.11. The van der Waals surface area contributed by atoms with Crippen molar-refractivity contribution in [1.82, 2.24) is 14.8 Å². The van der Waals surface area contributed by atoms with Gasteiger partial charge in [0.2, 0.25) is 0 Å². The molecule has 2 heterocycles. The number of halogens is 1. The molecule has 1 aromatic carbocycles. The molecule has 0 spiro atoms. The van der Waals surface area contributed by atoms with Gasteiger partial charge in [-0.1, -0.05) is 0 Å². The molecule has 2 aromatic rings. The van der Waals surface area contributed by atoms with Crippen LogP contribution in [0.5, 0.6) is 0 Å². The minimum Gasteiger partial charge on any atom is -0.360 e. The lowest BCUT2D eigenvalue weighted by Crippen LogP contribution is -2.34. The van der Waals surface area contributed by atoms with Crippen LogP contribution in [0, 0.1) is 17.1 Å². The van der Waals surface area contributed by atoms with Crippen LogP contribution < -0.4 is 4.90 Å². The summed E-state index contributed by atoms with van der Waals surface area (Å²) < 4.78 is 15.8. The maximum Gasteiger partial charge on any atom is 0.152 e. The molecule has 0 atom stereocenters. The van der Waals surface area contributed by atoms with Crippen molar-refractivity contribution in [1.29, 1.82) is 5.26 Å². The van der Waals surface area contributed by atoms with E-state index in [-0.39, 0.29) is 5.82 Å². The third-order valence-corrected chi connectivity index (χ3v) is 3.06. The van der Waals surface area contributed by atoms with Crippen LogP contribution in [0.3, 0.4) is 0 Å². The third kappa shape index (κ3) is 1.70. The van der Waals surface area contributed by atoms with E-state index in [9.17, 15) is 4.39 Å². The predicted octanol–water partition coefficient (Wildman–Crippen LogP) is 1.31. The van der Waals surface area contributed by atoms with Crippen molar-refractivity contribution >= 4 is 5.69 Å². The Hall–Kier alpha value is -2.42. The smallest absolute Gasteiger partial charge is 0.152 e. The first-order chi connectivity index (χ1) is 8.78. The zero-order chi connectivity index (χ0) is 12.5. The molecule has 0 saturated heterocycles. The fourth-order valence-corrected chi connectivity index (χ4v) is 2.10. The Bertz CT molecular complexity index is 628. The zero-order valence-electron chi connectivity index (χ0n) is 9.54. The van der Waals surface area contributed by atoms with E-state index in [2.05, 4.69) is 10.2 Å². The number of hydrogen-bond donors (Lipinski definition) is 0. The van der Waals surface area contributed by atoms with Gasteiger partial charge in [0.05, 0.1) is 23.9 Å². The minimum atomic E-state index is -0.373. The summed E-state index contributed by atoms with van der Waals surface area (Å²) in [6.07, 6.45) is 1.68. The van der Waals surface area contributed by atoms with Crippen LogP contribution in [0.1, 0.15) is 11.4 Å². The first-order valence-electron chi connectivity index (χ1n) is 5.59. The fraction of sp³-hybridized carbons (Fsp3) is 0.250. The number of anilines is 1. The van der Waals surface area contributed by atoms with Crippen LogP contribution in [0.15, 0.2) is 24.5 Å². The predicted molar refractivity (Wildman–Crippen MR) is 62.2 cm³/mol. The standard InChI is InChI=1S/C12H10FN5/c13-10-5-9(6-14)1-2-11(10)17-3-4-18-8-15-16-12(18)7-17/h1-2,5,8H,3-4,7H2. The SMILES string of the molecule is N#Cc1ccc(N2CCn3cnnc3C2)c(F)c1. The number of hydrogen-bond acceptors (Lipinski definition) is 4. The van der Waals surface area contributed by atoms with E-state index in [1.807, 2.05) is 15.5 Å². The van der Waals surface area contributed by atoms with E-state index in [1.165, 1.54) is 6.07 Å². The topological polar surface area (TPSA) is 57.7 Å². The lowest BCUT2D eigenvalue weighted by atomic mass is 10.2. The van der Waals surface area contributed by atoms with E-state index < -0.39 is 0 Å². The Kier molecular flexibility index (Phi) is 2.45. The number of rotatable bonds is 1. The van der Waals surface area contributed by atoms with Gasteiger partial charge < -0.3 is 9.47 Å². The number of benzene rings is 1. The molecule has 0 unspecified atom stereocenters. The van der Waals surface area contributed by atoms with Crippen molar-refractivity contribution in [2.24, 2.45) is 0 Å². The third-order valence-electron chi connectivity index (χ3n) is 3.06. The summed E-state index contributed by atoms with van der Waals surface area (Å²) in [5.74, 6) is 0.451. The van der Waals surface area contributed by atoms with E-state index >= 15 is 0 Å². The van der Waals surface area contributed by atoms with Crippen LogP contribution in [-0.2, 0) is 13.1 Å². The lowest BCUT2D eigenvalue weighted by Gasteiger charge is -2.29. The van der Waals surface area contributed by atoms with Crippen molar-refractivity contribution in [2.75, 3.05) is 11.4 Å². The highest BCUT2D eigenvalue weighted by Crippen LogP contribution is 2.23. The summed E-state index contributed by atoms with van der Waals surface area (Å²) in [6, 6.07) is 6.44. The highest BCUT2D eigenvalue weighted by atomic mass is 19.1. The molecule has 1 aliphatic rings. The number of nitrogens with zero attached hydrogens (tertiary/aromatic N) is 5. The average Bonchev–Trinajstić information content (AvgIpc) is 2.85. The molecule has 1 aromatic heterocycles. The molecular formula is C12H10FN5. The minimum absolute atomic E-state index is 0.330. The highest BCUT2D eigenvalue weighted by molar-refractivity contribution is 5.51. The van der Waals surface area contributed by atoms with Gasteiger partial charge in [-0.05, 0) is 18.2 Å². The summed E-state index contributed by atoms with van der Waals surface area (Å²) >= 11 is 0. The Morgan fingerprint density at radius 2 is 2.22 bits per heavy atom. The van der Waals surface area contributed by atoms with Gasteiger partial charge in [0.1, 0.15) is 12.1 Å². The van der Waals surface area contributed by atoms with Crippen LogP contribution in [0.4, 0.5) is 10.1 Å². The summed E-state index contributed by atoms with van der Waals surface area (Å²) in [7, 11) is 0. The first-order valence-corrected chi connectivity index (χ1v) is 5.59. The molecule has 18 heavy (non-hydrogen) atoms. The molecule has 0 fully saturated rings. The monoisotopic (exact) mass is 243 g/mol.